The second kappa shape index (κ2) is 6.24. The predicted octanol–water partition coefficient (Wildman–Crippen LogP) is 1.74. The molecular weight excluding hydrogens is 308 g/mol. The van der Waals surface area contributed by atoms with Crippen molar-refractivity contribution < 1.29 is 13.9 Å². The highest BCUT2D eigenvalue weighted by atomic mass is 16.5. The monoisotopic (exact) mass is 328 g/mol. The Labute approximate surface area is 139 Å². The predicted molar refractivity (Wildman–Crippen MR) is 86.4 cm³/mol. The van der Waals surface area contributed by atoms with Gasteiger partial charge in [-0.25, -0.2) is 9.97 Å². The molecule has 0 saturated carbocycles. The number of anilines is 1. The van der Waals surface area contributed by atoms with Crippen molar-refractivity contribution in [3.05, 3.63) is 41.2 Å². The van der Waals surface area contributed by atoms with E-state index < -0.39 is 0 Å². The lowest BCUT2D eigenvalue weighted by atomic mass is 10.0. The van der Waals surface area contributed by atoms with E-state index in [1.165, 1.54) is 0 Å². The minimum absolute atomic E-state index is 0.0506. The van der Waals surface area contributed by atoms with Gasteiger partial charge in [-0.3, -0.25) is 4.79 Å². The first-order valence-electron chi connectivity index (χ1n) is 8.28. The third-order valence-corrected chi connectivity index (χ3v) is 4.63. The lowest BCUT2D eigenvalue weighted by molar-refractivity contribution is 0.0725. The number of fused-ring (bicyclic) bond motifs is 1. The van der Waals surface area contributed by atoms with Crippen LogP contribution in [0.15, 0.2) is 22.7 Å². The number of carbonyl (C=O) groups is 1. The third kappa shape index (κ3) is 2.87. The molecule has 1 amide bonds. The molecule has 2 aliphatic rings. The summed E-state index contributed by atoms with van der Waals surface area (Å²) in [7, 11) is 0. The number of nitrogens with two attached hydrogens (primary N) is 1. The maximum atomic E-state index is 12.6. The first-order valence-corrected chi connectivity index (χ1v) is 8.28. The van der Waals surface area contributed by atoms with Gasteiger partial charge in [0.25, 0.3) is 5.91 Å². The highest BCUT2D eigenvalue weighted by Gasteiger charge is 2.29. The number of carbonyl (C=O) groups excluding carboxylic acids is 1. The first kappa shape index (κ1) is 15.1. The lowest BCUT2D eigenvalue weighted by Crippen LogP contribution is -2.35. The number of nitrogens with zero attached hydrogens (tertiary/aromatic N) is 3. The topological polar surface area (TPSA) is 94.5 Å². The quantitative estimate of drug-likeness (QED) is 0.902. The summed E-state index contributed by atoms with van der Waals surface area (Å²) in [6.45, 7) is 2.61. The van der Waals surface area contributed by atoms with Crippen LogP contribution in [0.2, 0.25) is 0 Å². The Balaban J connectivity index is 1.51. The van der Waals surface area contributed by atoms with Crippen LogP contribution in [0, 0.1) is 0 Å². The Morgan fingerprint density at radius 2 is 2.17 bits per heavy atom. The van der Waals surface area contributed by atoms with Gasteiger partial charge < -0.3 is 19.8 Å². The zero-order valence-corrected chi connectivity index (χ0v) is 13.4. The zero-order chi connectivity index (χ0) is 16.5. The van der Waals surface area contributed by atoms with Crippen molar-refractivity contribution in [2.45, 2.75) is 31.7 Å². The molecule has 7 nitrogen and oxygen atoms in total. The van der Waals surface area contributed by atoms with E-state index in [1.54, 1.807) is 23.2 Å². The van der Waals surface area contributed by atoms with E-state index in [0.29, 0.717) is 36.8 Å². The van der Waals surface area contributed by atoms with Crippen LogP contribution in [0.25, 0.3) is 0 Å². The lowest BCUT2D eigenvalue weighted by Gasteiger charge is -2.25. The number of pyridine rings is 1. The van der Waals surface area contributed by atoms with Crippen molar-refractivity contribution in [2.75, 3.05) is 25.5 Å². The van der Waals surface area contributed by atoms with Crippen LogP contribution in [0.1, 0.15) is 46.5 Å². The number of oxazole rings is 1. The molecule has 2 aromatic heterocycles. The van der Waals surface area contributed by atoms with Gasteiger partial charge in [0, 0.05) is 43.9 Å². The number of aromatic nitrogens is 2. The molecule has 2 aromatic rings. The second-order valence-electron chi connectivity index (χ2n) is 6.25. The summed E-state index contributed by atoms with van der Waals surface area (Å²) in [5.74, 6) is 2.33. The number of rotatable bonds is 2. The molecule has 0 aliphatic carbocycles. The molecule has 0 spiro atoms. The fourth-order valence-corrected chi connectivity index (χ4v) is 3.27. The summed E-state index contributed by atoms with van der Waals surface area (Å²) in [4.78, 5) is 23.0. The van der Waals surface area contributed by atoms with E-state index in [2.05, 4.69) is 9.97 Å². The van der Waals surface area contributed by atoms with Crippen LogP contribution in [-0.2, 0) is 17.7 Å². The fourth-order valence-electron chi connectivity index (χ4n) is 3.27. The van der Waals surface area contributed by atoms with Gasteiger partial charge in [-0.05, 0) is 25.0 Å². The van der Waals surface area contributed by atoms with E-state index in [4.69, 9.17) is 14.9 Å². The van der Waals surface area contributed by atoms with E-state index in [9.17, 15) is 4.79 Å². The molecule has 0 bridgehead atoms. The highest BCUT2D eigenvalue weighted by Crippen LogP contribution is 2.30. The summed E-state index contributed by atoms with van der Waals surface area (Å²) in [6, 6.07) is 3.29. The molecule has 1 saturated heterocycles. The SMILES string of the molecule is Nc1cc(C(=O)N2CCc3oc(C4CCOCC4)nc3C2)ccn1. The van der Waals surface area contributed by atoms with E-state index in [-0.39, 0.29) is 5.91 Å². The molecule has 4 rings (SSSR count). The van der Waals surface area contributed by atoms with Gasteiger partial charge in [-0.15, -0.1) is 0 Å². The Bertz CT molecular complexity index is 752. The third-order valence-electron chi connectivity index (χ3n) is 4.63. The first-order chi connectivity index (χ1) is 11.7. The summed E-state index contributed by atoms with van der Waals surface area (Å²) in [6.07, 6.45) is 4.13. The van der Waals surface area contributed by atoms with Crippen molar-refractivity contribution in [1.29, 1.82) is 0 Å². The molecule has 1 fully saturated rings. The molecule has 24 heavy (non-hydrogen) atoms. The van der Waals surface area contributed by atoms with Crippen molar-refractivity contribution in [2.24, 2.45) is 0 Å². The van der Waals surface area contributed by atoms with Crippen LogP contribution in [0.4, 0.5) is 5.82 Å². The van der Waals surface area contributed by atoms with Gasteiger partial charge in [-0.1, -0.05) is 0 Å². The summed E-state index contributed by atoms with van der Waals surface area (Å²) in [5.41, 5.74) is 7.10. The maximum Gasteiger partial charge on any atom is 0.254 e. The number of hydrogen-bond acceptors (Lipinski definition) is 6. The number of nitrogen functional groups attached to an aromatic ring is 1. The number of ether oxygens (including phenoxy) is 1. The van der Waals surface area contributed by atoms with Gasteiger partial charge in [0.2, 0.25) is 0 Å². The summed E-state index contributed by atoms with van der Waals surface area (Å²) >= 11 is 0. The average molecular weight is 328 g/mol. The molecule has 7 heteroatoms. The Morgan fingerprint density at radius 3 is 2.96 bits per heavy atom. The minimum Gasteiger partial charge on any atom is -0.445 e. The summed E-state index contributed by atoms with van der Waals surface area (Å²) < 4.78 is 11.4. The van der Waals surface area contributed by atoms with Gasteiger partial charge in [0.05, 0.1) is 6.54 Å². The van der Waals surface area contributed by atoms with Crippen LogP contribution in [0.5, 0.6) is 0 Å². The standard InChI is InChI=1S/C17H20N4O3/c18-15-9-12(1-5-19-15)17(22)21-6-2-14-13(10-21)20-16(24-14)11-3-7-23-8-4-11/h1,5,9,11H,2-4,6-8,10H2,(H2,18,19). The molecule has 2 N–H and O–H groups in total. The molecule has 126 valence electrons. The van der Waals surface area contributed by atoms with Gasteiger partial charge in [0.15, 0.2) is 5.89 Å². The zero-order valence-electron chi connectivity index (χ0n) is 13.4. The second-order valence-corrected chi connectivity index (χ2v) is 6.25. The van der Waals surface area contributed by atoms with Crippen molar-refractivity contribution in [3.63, 3.8) is 0 Å². The Kier molecular flexibility index (Phi) is 3.93. The van der Waals surface area contributed by atoms with Crippen LogP contribution < -0.4 is 5.73 Å². The van der Waals surface area contributed by atoms with Gasteiger partial charge >= 0.3 is 0 Å². The normalized spacial score (nSPS) is 18.4. The van der Waals surface area contributed by atoms with E-state index in [1.807, 2.05) is 0 Å². The Morgan fingerprint density at radius 1 is 1.33 bits per heavy atom. The molecule has 0 radical (unpaired) electrons. The van der Waals surface area contributed by atoms with Crippen LogP contribution in [0.3, 0.4) is 0 Å². The maximum absolute atomic E-state index is 12.6. The number of amides is 1. The van der Waals surface area contributed by atoms with Gasteiger partial charge in [0.1, 0.15) is 17.3 Å². The molecular formula is C17H20N4O3. The molecule has 0 aromatic carbocycles. The van der Waals surface area contributed by atoms with Crippen LogP contribution >= 0.6 is 0 Å². The van der Waals surface area contributed by atoms with E-state index >= 15 is 0 Å². The smallest absolute Gasteiger partial charge is 0.254 e. The molecule has 0 atom stereocenters. The largest absolute Gasteiger partial charge is 0.445 e. The van der Waals surface area contributed by atoms with Crippen LogP contribution in [-0.4, -0.2) is 40.5 Å². The highest BCUT2D eigenvalue weighted by molar-refractivity contribution is 5.94. The molecule has 4 heterocycles. The van der Waals surface area contributed by atoms with E-state index in [0.717, 1.165) is 43.4 Å². The Hall–Kier alpha value is -2.41. The van der Waals surface area contributed by atoms with Crippen molar-refractivity contribution in [3.8, 4) is 0 Å². The number of hydrogen-bond donors (Lipinski definition) is 1. The average Bonchev–Trinajstić information content (AvgIpc) is 3.05. The van der Waals surface area contributed by atoms with Crippen molar-refractivity contribution >= 4 is 11.7 Å². The summed E-state index contributed by atoms with van der Waals surface area (Å²) in [5, 5.41) is 0. The van der Waals surface area contributed by atoms with Gasteiger partial charge in [-0.2, -0.15) is 0 Å². The molecule has 0 unspecified atom stereocenters. The fraction of sp³-hybridized carbons (Fsp3) is 0.471. The van der Waals surface area contributed by atoms with Crippen molar-refractivity contribution in [1.82, 2.24) is 14.9 Å². The molecule has 2 aliphatic heterocycles. The minimum atomic E-state index is -0.0506.